The molecule has 0 spiro atoms. The Morgan fingerprint density at radius 2 is 1.96 bits per heavy atom. The van der Waals surface area contributed by atoms with Crippen LogP contribution in [0.4, 0.5) is 5.69 Å². The summed E-state index contributed by atoms with van der Waals surface area (Å²) in [5.41, 5.74) is 12.3. The lowest BCUT2D eigenvalue weighted by molar-refractivity contribution is -0.121. The molecule has 0 saturated heterocycles. The minimum Gasteiger partial charge on any atom is -0.399 e. The van der Waals surface area contributed by atoms with Crippen molar-refractivity contribution >= 4 is 28.3 Å². The van der Waals surface area contributed by atoms with Crippen molar-refractivity contribution in [1.29, 1.82) is 0 Å². The van der Waals surface area contributed by atoms with Gasteiger partial charge in [-0.25, -0.2) is 10.1 Å². The normalized spacial score (nSPS) is 11.6. The molecular weight excluding hydrogens is 304 g/mol. The molecule has 1 amide bonds. The van der Waals surface area contributed by atoms with Crippen molar-refractivity contribution in [3.63, 3.8) is 0 Å². The molecule has 7 heteroatoms. The summed E-state index contributed by atoms with van der Waals surface area (Å²) < 4.78 is 1.71. The quantitative estimate of drug-likeness (QED) is 0.426. The van der Waals surface area contributed by atoms with Crippen LogP contribution in [0.25, 0.3) is 11.0 Å². The molecule has 0 fully saturated rings. The van der Waals surface area contributed by atoms with Crippen LogP contribution in [0.1, 0.15) is 18.9 Å². The number of aromatic nitrogens is 3. The number of nitrogen functional groups attached to an aromatic ring is 1. The van der Waals surface area contributed by atoms with Crippen molar-refractivity contribution in [2.45, 2.75) is 19.9 Å². The lowest BCUT2D eigenvalue weighted by Gasteiger charge is -2.04. The summed E-state index contributed by atoms with van der Waals surface area (Å²) >= 11 is 0. The van der Waals surface area contributed by atoms with Crippen LogP contribution in [-0.2, 0) is 11.3 Å². The van der Waals surface area contributed by atoms with Gasteiger partial charge in [-0.1, -0.05) is 29.5 Å². The molecule has 0 unspecified atom stereocenters. The number of benzene rings is 2. The largest absolute Gasteiger partial charge is 0.399 e. The second-order valence-electron chi connectivity index (χ2n) is 5.41. The van der Waals surface area contributed by atoms with E-state index in [-0.39, 0.29) is 12.3 Å². The van der Waals surface area contributed by atoms with Crippen LogP contribution in [0.15, 0.2) is 53.6 Å². The van der Waals surface area contributed by atoms with E-state index in [1.807, 2.05) is 43.3 Å². The molecule has 3 aromatic rings. The number of nitrogens with two attached hydrogens (primary N) is 1. The van der Waals surface area contributed by atoms with Gasteiger partial charge in [0.1, 0.15) is 5.52 Å². The molecule has 1 heterocycles. The van der Waals surface area contributed by atoms with E-state index < -0.39 is 0 Å². The van der Waals surface area contributed by atoms with Crippen LogP contribution < -0.4 is 11.2 Å². The predicted octanol–water partition coefficient (Wildman–Crippen LogP) is 1.94. The maximum atomic E-state index is 12.0. The van der Waals surface area contributed by atoms with E-state index >= 15 is 0 Å². The molecule has 2 aromatic carbocycles. The van der Waals surface area contributed by atoms with E-state index in [2.05, 4.69) is 20.8 Å². The monoisotopic (exact) mass is 322 g/mol. The number of hydrogen-bond acceptors (Lipinski definition) is 5. The highest BCUT2D eigenvalue weighted by molar-refractivity contribution is 5.99. The number of amides is 1. The van der Waals surface area contributed by atoms with Gasteiger partial charge >= 0.3 is 0 Å². The molecule has 0 radical (unpaired) electrons. The number of carbonyl (C=O) groups excluding carboxylic acids is 1. The molecule has 0 aliphatic carbocycles. The van der Waals surface area contributed by atoms with Gasteiger partial charge in [0.25, 0.3) is 0 Å². The third-order valence-corrected chi connectivity index (χ3v) is 3.65. The number of nitrogens with zero attached hydrogens (tertiary/aromatic N) is 4. The van der Waals surface area contributed by atoms with Crippen LogP contribution >= 0.6 is 0 Å². The van der Waals surface area contributed by atoms with E-state index in [9.17, 15) is 4.79 Å². The molecule has 0 aliphatic heterocycles. The van der Waals surface area contributed by atoms with Crippen LogP contribution in [0, 0.1) is 0 Å². The van der Waals surface area contributed by atoms with Gasteiger partial charge < -0.3 is 5.73 Å². The maximum absolute atomic E-state index is 12.0. The second kappa shape index (κ2) is 6.91. The summed E-state index contributed by atoms with van der Waals surface area (Å²) in [4.78, 5) is 12.0. The Balaban J connectivity index is 1.57. The zero-order valence-corrected chi connectivity index (χ0v) is 13.3. The number of nitrogens with one attached hydrogen (secondary N) is 1. The van der Waals surface area contributed by atoms with E-state index in [1.54, 1.807) is 16.8 Å². The molecule has 3 N–H and O–H groups in total. The van der Waals surface area contributed by atoms with Crippen molar-refractivity contribution in [2.24, 2.45) is 5.10 Å². The minimum absolute atomic E-state index is 0.177. The minimum atomic E-state index is -0.177. The predicted molar refractivity (Wildman–Crippen MR) is 93.4 cm³/mol. The maximum Gasteiger partial charge on any atom is 0.241 e. The van der Waals surface area contributed by atoms with Gasteiger partial charge in [-0.3, -0.25) is 4.79 Å². The van der Waals surface area contributed by atoms with Crippen molar-refractivity contribution < 1.29 is 4.79 Å². The molecule has 7 nitrogen and oxygen atoms in total. The summed E-state index contributed by atoms with van der Waals surface area (Å²) in [6.07, 6.45) is 0.270. The number of fused-ring (bicyclic) bond motifs is 1. The number of aryl methyl sites for hydroxylation is 1. The first-order chi connectivity index (χ1) is 11.6. The first-order valence-electron chi connectivity index (χ1n) is 7.61. The van der Waals surface area contributed by atoms with E-state index in [1.165, 1.54) is 0 Å². The van der Waals surface area contributed by atoms with E-state index in [4.69, 9.17) is 5.73 Å². The Morgan fingerprint density at radius 1 is 1.21 bits per heavy atom. The average Bonchev–Trinajstić information content (AvgIpc) is 3.01. The van der Waals surface area contributed by atoms with Crippen LogP contribution in [0.2, 0.25) is 0 Å². The van der Waals surface area contributed by atoms with Crippen molar-refractivity contribution in [1.82, 2.24) is 20.4 Å². The molecular formula is C17H18N6O. The second-order valence-corrected chi connectivity index (χ2v) is 5.41. The topological polar surface area (TPSA) is 98.2 Å². The lowest BCUT2D eigenvalue weighted by Crippen LogP contribution is -2.21. The molecule has 0 atom stereocenters. The smallest absolute Gasteiger partial charge is 0.241 e. The van der Waals surface area contributed by atoms with Crippen molar-refractivity contribution in [3.05, 3.63) is 54.1 Å². The number of hydrazone groups is 1. The zero-order valence-electron chi connectivity index (χ0n) is 13.3. The van der Waals surface area contributed by atoms with Crippen molar-refractivity contribution in [2.75, 3.05) is 5.73 Å². The van der Waals surface area contributed by atoms with Gasteiger partial charge in [0.2, 0.25) is 5.91 Å². The number of carbonyl (C=O) groups is 1. The summed E-state index contributed by atoms with van der Waals surface area (Å²) in [7, 11) is 0. The molecule has 24 heavy (non-hydrogen) atoms. The summed E-state index contributed by atoms with van der Waals surface area (Å²) in [5, 5.41) is 12.2. The fourth-order valence-corrected chi connectivity index (χ4v) is 2.28. The third-order valence-electron chi connectivity index (χ3n) is 3.65. The van der Waals surface area contributed by atoms with Gasteiger partial charge in [-0.2, -0.15) is 5.10 Å². The molecule has 0 aliphatic rings. The fraction of sp³-hybridized carbons (Fsp3) is 0.176. The van der Waals surface area contributed by atoms with Gasteiger partial charge in [0, 0.05) is 12.1 Å². The van der Waals surface area contributed by atoms with Crippen LogP contribution in [0.5, 0.6) is 0 Å². The molecule has 1 aromatic heterocycles. The molecule has 0 saturated carbocycles. The van der Waals surface area contributed by atoms with Crippen molar-refractivity contribution in [3.8, 4) is 0 Å². The number of rotatable bonds is 5. The lowest BCUT2D eigenvalue weighted by atomic mass is 10.1. The zero-order chi connectivity index (χ0) is 16.9. The Labute approximate surface area is 139 Å². The molecule has 122 valence electrons. The standard InChI is InChI=1S/C17H18N6O/c1-12(13-6-8-14(18)9-7-13)19-21-17(24)10-11-23-16-5-3-2-4-15(16)20-22-23/h2-9H,10-11,18H2,1H3,(H,21,24)/b19-12-. The summed E-state index contributed by atoms with van der Waals surface area (Å²) in [5.74, 6) is -0.177. The number of anilines is 1. The molecule has 0 bridgehead atoms. The van der Waals surface area contributed by atoms with Gasteiger partial charge in [-0.15, -0.1) is 5.10 Å². The Hall–Kier alpha value is -3.22. The SMILES string of the molecule is C/C(=N/NC(=O)CCn1nnc2ccccc21)c1ccc(N)cc1. The third kappa shape index (κ3) is 3.57. The number of para-hydroxylation sites is 1. The van der Waals surface area contributed by atoms with Crippen LogP contribution in [-0.4, -0.2) is 26.6 Å². The van der Waals surface area contributed by atoms with Gasteiger partial charge in [0.05, 0.1) is 17.8 Å². The number of hydrogen-bond donors (Lipinski definition) is 2. The fourth-order valence-electron chi connectivity index (χ4n) is 2.28. The summed E-state index contributed by atoms with van der Waals surface area (Å²) in [6, 6.07) is 15.0. The highest BCUT2D eigenvalue weighted by atomic mass is 16.2. The Bertz CT molecular complexity index is 881. The first-order valence-corrected chi connectivity index (χ1v) is 7.61. The van der Waals surface area contributed by atoms with E-state index in [0.717, 1.165) is 22.3 Å². The highest BCUT2D eigenvalue weighted by Crippen LogP contribution is 2.10. The first kappa shape index (κ1) is 15.7. The van der Waals surface area contributed by atoms with Gasteiger partial charge in [-0.05, 0) is 36.8 Å². The van der Waals surface area contributed by atoms with Crippen LogP contribution in [0.3, 0.4) is 0 Å². The van der Waals surface area contributed by atoms with Gasteiger partial charge in [0.15, 0.2) is 0 Å². The van der Waals surface area contributed by atoms with E-state index in [0.29, 0.717) is 12.2 Å². The Morgan fingerprint density at radius 3 is 2.75 bits per heavy atom. The highest BCUT2D eigenvalue weighted by Gasteiger charge is 2.06. The summed E-state index contributed by atoms with van der Waals surface area (Å²) in [6.45, 7) is 2.28. The molecule has 3 rings (SSSR count). The average molecular weight is 322 g/mol. The Kier molecular flexibility index (Phi) is 4.51.